The number of hydrogen-bond acceptors (Lipinski definition) is 4. The van der Waals surface area contributed by atoms with E-state index < -0.39 is 0 Å². The Bertz CT molecular complexity index is 959. The number of carbonyl (C=O) groups is 1. The second kappa shape index (κ2) is 9.16. The molecule has 0 spiro atoms. The number of fused-ring (bicyclic) bond motifs is 1. The third-order valence-electron chi connectivity index (χ3n) is 5.60. The van der Waals surface area contributed by atoms with Gasteiger partial charge >= 0.3 is 0 Å². The molecule has 1 aliphatic rings. The van der Waals surface area contributed by atoms with E-state index in [0.29, 0.717) is 6.54 Å². The molecule has 3 aromatic rings. The highest BCUT2D eigenvalue weighted by atomic mass is 16.2. The molecular weight excluding hydrogens is 360 g/mol. The van der Waals surface area contributed by atoms with Crippen LogP contribution in [0.15, 0.2) is 67.0 Å². The van der Waals surface area contributed by atoms with Crippen molar-refractivity contribution in [3.8, 4) is 0 Å². The first-order valence-electron chi connectivity index (χ1n) is 10.3. The van der Waals surface area contributed by atoms with E-state index in [4.69, 9.17) is 0 Å². The number of nitrogens with zero attached hydrogens (tertiary/aromatic N) is 2. The van der Waals surface area contributed by atoms with Crippen LogP contribution in [-0.2, 0) is 17.9 Å². The lowest BCUT2D eigenvalue weighted by Crippen LogP contribution is -2.42. The van der Waals surface area contributed by atoms with Crippen LogP contribution in [-0.4, -0.2) is 41.0 Å². The maximum atomic E-state index is 12.7. The Kier molecular flexibility index (Phi) is 6.17. The van der Waals surface area contributed by atoms with Gasteiger partial charge in [-0.1, -0.05) is 36.4 Å². The van der Waals surface area contributed by atoms with Crippen LogP contribution in [0.2, 0.25) is 0 Å². The number of likely N-dealkylation sites (N-methyl/N-ethyl adjacent to an activating group) is 1. The average molecular weight is 389 g/mol. The minimum absolute atomic E-state index is 0.101. The molecule has 150 valence electrons. The minimum Gasteiger partial charge on any atom is -0.355 e. The van der Waals surface area contributed by atoms with Gasteiger partial charge in [0.25, 0.3) is 0 Å². The molecule has 4 rings (SSSR count). The van der Waals surface area contributed by atoms with Crippen LogP contribution in [0.3, 0.4) is 0 Å². The van der Waals surface area contributed by atoms with Crippen LogP contribution >= 0.6 is 0 Å². The summed E-state index contributed by atoms with van der Waals surface area (Å²) >= 11 is 0. The van der Waals surface area contributed by atoms with Gasteiger partial charge in [0, 0.05) is 44.6 Å². The van der Waals surface area contributed by atoms with Crippen molar-refractivity contribution in [2.24, 2.45) is 0 Å². The zero-order chi connectivity index (χ0) is 20.1. The van der Waals surface area contributed by atoms with Crippen molar-refractivity contribution >= 4 is 16.7 Å². The van der Waals surface area contributed by atoms with Crippen molar-refractivity contribution < 1.29 is 4.79 Å². The third kappa shape index (κ3) is 4.81. The highest BCUT2D eigenvalue weighted by molar-refractivity contribution is 5.83. The number of aromatic nitrogens is 1. The molecular formula is C24H28N4O. The summed E-state index contributed by atoms with van der Waals surface area (Å²) in [6.07, 6.45) is 4.45. The molecule has 2 atom stereocenters. The maximum Gasteiger partial charge on any atom is 0.237 e. The molecule has 0 unspecified atom stereocenters. The summed E-state index contributed by atoms with van der Waals surface area (Å²) in [4.78, 5) is 19.1. The Hall–Kier alpha value is -2.76. The van der Waals surface area contributed by atoms with E-state index in [0.717, 1.165) is 26.1 Å². The zero-order valence-electron chi connectivity index (χ0n) is 16.8. The van der Waals surface area contributed by atoms with E-state index in [9.17, 15) is 4.79 Å². The predicted molar refractivity (Wildman–Crippen MR) is 116 cm³/mol. The molecule has 0 saturated carbocycles. The molecule has 5 nitrogen and oxygen atoms in total. The molecule has 1 saturated heterocycles. The van der Waals surface area contributed by atoms with Crippen molar-refractivity contribution in [2.75, 3.05) is 13.1 Å². The summed E-state index contributed by atoms with van der Waals surface area (Å²) in [6, 6.07) is 19.2. The topological polar surface area (TPSA) is 57.3 Å². The monoisotopic (exact) mass is 388 g/mol. The van der Waals surface area contributed by atoms with Gasteiger partial charge in [-0.3, -0.25) is 14.7 Å². The molecule has 1 amide bonds. The van der Waals surface area contributed by atoms with Crippen molar-refractivity contribution in [3.05, 3.63) is 78.1 Å². The molecule has 0 radical (unpaired) electrons. The average Bonchev–Trinajstić information content (AvgIpc) is 3.16. The highest BCUT2D eigenvalue weighted by Gasteiger charge is 2.36. The Labute approximate surface area is 172 Å². The van der Waals surface area contributed by atoms with E-state index >= 15 is 0 Å². The SMILES string of the molecule is CCNC(=O)[C@@H]1C[C@@H](NCc2ccncc2)CN1Cc1ccc2ccccc2c1. The van der Waals surface area contributed by atoms with Gasteiger partial charge in [0.2, 0.25) is 5.91 Å². The first-order chi connectivity index (χ1) is 14.2. The van der Waals surface area contributed by atoms with Crippen molar-refractivity contribution in [1.82, 2.24) is 20.5 Å². The van der Waals surface area contributed by atoms with Gasteiger partial charge in [0.1, 0.15) is 0 Å². The van der Waals surface area contributed by atoms with Gasteiger partial charge in [0.15, 0.2) is 0 Å². The summed E-state index contributed by atoms with van der Waals surface area (Å²) in [5.74, 6) is 0.126. The van der Waals surface area contributed by atoms with Gasteiger partial charge in [-0.25, -0.2) is 0 Å². The molecule has 2 heterocycles. The molecule has 1 aromatic heterocycles. The third-order valence-corrected chi connectivity index (χ3v) is 5.60. The summed E-state index contributed by atoms with van der Waals surface area (Å²) in [7, 11) is 0. The van der Waals surface area contributed by atoms with Gasteiger partial charge < -0.3 is 10.6 Å². The predicted octanol–water partition coefficient (Wildman–Crippen LogP) is 3.10. The Balaban J connectivity index is 1.46. The Morgan fingerprint density at radius 3 is 2.66 bits per heavy atom. The molecule has 5 heteroatoms. The maximum absolute atomic E-state index is 12.7. The molecule has 1 fully saturated rings. The number of nitrogens with one attached hydrogen (secondary N) is 2. The van der Waals surface area contributed by atoms with E-state index in [1.807, 2.05) is 31.5 Å². The number of likely N-dealkylation sites (tertiary alicyclic amines) is 1. The van der Waals surface area contributed by atoms with Crippen molar-refractivity contribution in [2.45, 2.75) is 38.5 Å². The fourth-order valence-corrected chi connectivity index (χ4v) is 4.13. The molecule has 1 aliphatic heterocycles. The largest absolute Gasteiger partial charge is 0.355 e. The smallest absolute Gasteiger partial charge is 0.237 e. The Morgan fingerprint density at radius 2 is 1.86 bits per heavy atom. The zero-order valence-corrected chi connectivity index (χ0v) is 16.8. The summed E-state index contributed by atoms with van der Waals surface area (Å²) in [5.41, 5.74) is 2.45. The lowest BCUT2D eigenvalue weighted by atomic mass is 10.1. The van der Waals surface area contributed by atoms with Gasteiger partial charge in [-0.2, -0.15) is 0 Å². The number of carbonyl (C=O) groups excluding carboxylic acids is 1. The number of rotatable bonds is 7. The first-order valence-corrected chi connectivity index (χ1v) is 10.3. The van der Waals surface area contributed by atoms with Gasteiger partial charge in [-0.15, -0.1) is 0 Å². The van der Waals surface area contributed by atoms with E-state index in [-0.39, 0.29) is 18.0 Å². The molecule has 0 aliphatic carbocycles. The minimum atomic E-state index is -0.101. The highest BCUT2D eigenvalue weighted by Crippen LogP contribution is 2.23. The lowest BCUT2D eigenvalue weighted by molar-refractivity contribution is -0.125. The summed E-state index contributed by atoms with van der Waals surface area (Å²) < 4.78 is 0. The van der Waals surface area contributed by atoms with Crippen LogP contribution in [0.5, 0.6) is 0 Å². The van der Waals surface area contributed by atoms with Crippen molar-refractivity contribution in [1.29, 1.82) is 0 Å². The second-order valence-electron chi connectivity index (χ2n) is 7.69. The fraction of sp³-hybridized carbons (Fsp3) is 0.333. The quantitative estimate of drug-likeness (QED) is 0.653. The second-order valence-corrected chi connectivity index (χ2v) is 7.69. The van der Waals surface area contributed by atoms with Gasteiger partial charge in [0.05, 0.1) is 6.04 Å². The number of amides is 1. The van der Waals surface area contributed by atoms with E-state index in [1.54, 1.807) is 0 Å². The van der Waals surface area contributed by atoms with Crippen LogP contribution < -0.4 is 10.6 Å². The van der Waals surface area contributed by atoms with Crippen LogP contribution in [0.1, 0.15) is 24.5 Å². The van der Waals surface area contributed by atoms with Gasteiger partial charge in [-0.05, 0) is 53.4 Å². The first kappa shape index (κ1) is 19.6. The molecule has 2 N–H and O–H groups in total. The molecule has 0 bridgehead atoms. The number of hydrogen-bond donors (Lipinski definition) is 2. The van der Waals surface area contributed by atoms with Crippen LogP contribution in [0, 0.1) is 0 Å². The van der Waals surface area contributed by atoms with E-state index in [1.165, 1.54) is 21.9 Å². The summed E-state index contributed by atoms with van der Waals surface area (Å²) in [6.45, 7) is 5.06. The number of benzene rings is 2. The van der Waals surface area contributed by atoms with Crippen LogP contribution in [0.25, 0.3) is 10.8 Å². The van der Waals surface area contributed by atoms with E-state index in [2.05, 4.69) is 63.0 Å². The molecule has 29 heavy (non-hydrogen) atoms. The van der Waals surface area contributed by atoms with Crippen molar-refractivity contribution in [3.63, 3.8) is 0 Å². The Morgan fingerprint density at radius 1 is 1.07 bits per heavy atom. The normalized spacial score (nSPS) is 19.5. The summed E-state index contributed by atoms with van der Waals surface area (Å²) in [5, 5.41) is 9.12. The lowest BCUT2D eigenvalue weighted by Gasteiger charge is -2.23. The standard InChI is InChI=1S/C24H28N4O/c1-2-26-24(29)23-14-22(27-15-18-9-11-25-12-10-18)17-28(23)16-19-7-8-20-5-3-4-6-21(20)13-19/h3-13,22-23,27H,2,14-17H2,1H3,(H,26,29)/t22-,23+/m1/s1. The fourth-order valence-electron chi connectivity index (χ4n) is 4.13. The molecule has 2 aromatic carbocycles. The number of pyridine rings is 1. The van der Waals surface area contributed by atoms with Crippen LogP contribution in [0.4, 0.5) is 0 Å².